The molecule has 3 aromatic rings. The third-order valence-electron chi connectivity index (χ3n) is 3.48. The molecule has 5 nitrogen and oxygen atoms in total. The predicted octanol–water partition coefficient (Wildman–Crippen LogP) is 2.69. The third-order valence-corrected chi connectivity index (χ3v) is 3.48. The summed E-state index contributed by atoms with van der Waals surface area (Å²) in [5, 5.41) is 10.5. The molecule has 0 bridgehead atoms. The Balaban J connectivity index is 1.83. The first-order valence-electron chi connectivity index (χ1n) is 7.01. The number of methoxy groups -OCH3 is 1. The van der Waals surface area contributed by atoms with E-state index in [1.807, 2.05) is 47.2 Å². The maximum atomic E-state index is 10.5. The summed E-state index contributed by atoms with van der Waals surface area (Å²) in [5.74, 6) is 1.52. The molecule has 0 spiro atoms. The molecule has 22 heavy (non-hydrogen) atoms. The summed E-state index contributed by atoms with van der Waals surface area (Å²) in [5.41, 5.74) is 1.73. The number of aliphatic hydroxyl groups is 1. The molecule has 0 aliphatic carbocycles. The number of ether oxygens (including phenoxy) is 1. The van der Waals surface area contributed by atoms with Crippen LogP contribution in [0, 0.1) is 0 Å². The molecule has 0 fully saturated rings. The van der Waals surface area contributed by atoms with Crippen molar-refractivity contribution < 1.29 is 9.84 Å². The molecule has 1 atom stereocenters. The highest BCUT2D eigenvalue weighted by molar-refractivity contribution is 5.53. The second-order valence-electron chi connectivity index (χ2n) is 4.94. The third kappa shape index (κ3) is 2.99. The first-order valence-corrected chi connectivity index (χ1v) is 7.01. The van der Waals surface area contributed by atoms with Gasteiger partial charge in [-0.1, -0.05) is 12.1 Å². The van der Waals surface area contributed by atoms with Crippen LogP contribution in [-0.2, 0) is 6.54 Å². The van der Waals surface area contributed by atoms with Gasteiger partial charge in [0.05, 0.1) is 19.8 Å². The molecular weight excluding hydrogens is 278 g/mol. The molecule has 112 valence electrons. The Bertz CT molecular complexity index is 740. The Labute approximate surface area is 128 Å². The van der Waals surface area contributed by atoms with E-state index in [-0.39, 0.29) is 0 Å². The Kier molecular flexibility index (Phi) is 4.16. The smallest absolute Gasteiger partial charge is 0.141 e. The summed E-state index contributed by atoms with van der Waals surface area (Å²) >= 11 is 0. The van der Waals surface area contributed by atoms with Crippen LogP contribution in [0.25, 0.3) is 11.4 Å². The van der Waals surface area contributed by atoms with Crippen LogP contribution < -0.4 is 4.74 Å². The van der Waals surface area contributed by atoms with E-state index in [0.717, 1.165) is 22.7 Å². The van der Waals surface area contributed by atoms with Gasteiger partial charge in [0.25, 0.3) is 0 Å². The number of pyridine rings is 1. The van der Waals surface area contributed by atoms with E-state index in [0.29, 0.717) is 6.54 Å². The zero-order valence-electron chi connectivity index (χ0n) is 12.3. The number of rotatable bonds is 5. The average Bonchev–Trinajstić information content (AvgIpc) is 3.04. The molecule has 3 rings (SSSR count). The molecule has 0 aliphatic rings. The predicted molar refractivity (Wildman–Crippen MR) is 83.4 cm³/mol. The lowest BCUT2D eigenvalue weighted by Gasteiger charge is -2.15. The molecule has 5 heteroatoms. The lowest BCUT2D eigenvalue weighted by Crippen LogP contribution is -2.09. The zero-order chi connectivity index (χ0) is 15.4. The number of imidazole rings is 1. The normalized spacial score (nSPS) is 12.1. The summed E-state index contributed by atoms with van der Waals surface area (Å²) in [6, 6.07) is 11.3. The molecule has 1 unspecified atom stereocenters. The summed E-state index contributed by atoms with van der Waals surface area (Å²) < 4.78 is 7.11. The summed E-state index contributed by atoms with van der Waals surface area (Å²) in [6.45, 7) is 0.414. The van der Waals surface area contributed by atoms with E-state index in [1.165, 1.54) is 0 Å². The van der Waals surface area contributed by atoms with E-state index < -0.39 is 6.10 Å². The van der Waals surface area contributed by atoms with Crippen molar-refractivity contribution in [1.29, 1.82) is 0 Å². The van der Waals surface area contributed by atoms with Gasteiger partial charge in [-0.25, -0.2) is 4.98 Å². The van der Waals surface area contributed by atoms with Gasteiger partial charge in [0, 0.05) is 30.4 Å². The maximum absolute atomic E-state index is 10.5. The SMILES string of the molecule is COc1cccc(C(O)Cn2ccnc2-c2cccnc2)c1. The van der Waals surface area contributed by atoms with E-state index in [1.54, 1.807) is 25.7 Å². The van der Waals surface area contributed by atoms with Crippen molar-refractivity contribution in [2.45, 2.75) is 12.6 Å². The van der Waals surface area contributed by atoms with Crippen molar-refractivity contribution in [1.82, 2.24) is 14.5 Å². The highest BCUT2D eigenvalue weighted by Gasteiger charge is 2.13. The van der Waals surface area contributed by atoms with Crippen LogP contribution in [0.3, 0.4) is 0 Å². The highest BCUT2D eigenvalue weighted by atomic mass is 16.5. The van der Waals surface area contributed by atoms with Crippen molar-refractivity contribution in [2.75, 3.05) is 7.11 Å². The van der Waals surface area contributed by atoms with Gasteiger partial charge in [0.2, 0.25) is 0 Å². The van der Waals surface area contributed by atoms with Gasteiger partial charge in [-0.15, -0.1) is 0 Å². The molecule has 0 saturated heterocycles. The highest BCUT2D eigenvalue weighted by Crippen LogP contribution is 2.23. The van der Waals surface area contributed by atoms with Gasteiger partial charge in [0.1, 0.15) is 11.6 Å². The zero-order valence-corrected chi connectivity index (χ0v) is 12.3. The van der Waals surface area contributed by atoms with Gasteiger partial charge >= 0.3 is 0 Å². The molecule has 0 saturated carbocycles. The molecule has 0 radical (unpaired) electrons. The lowest BCUT2D eigenvalue weighted by molar-refractivity contribution is 0.156. The van der Waals surface area contributed by atoms with Crippen LogP contribution in [0.2, 0.25) is 0 Å². The van der Waals surface area contributed by atoms with Crippen LogP contribution in [-0.4, -0.2) is 26.8 Å². The molecule has 1 aromatic carbocycles. The topological polar surface area (TPSA) is 60.2 Å². The minimum absolute atomic E-state index is 0.414. The second-order valence-corrected chi connectivity index (χ2v) is 4.94. The summed E-state index contributed by atoms with van der Waals surface area (Å²) in [7, 11) is 1.61. The molecular formula is C17H17N3O2. The van der Waals surface area contributed by atoms with Crippen LogP contribution >= 0.6 is 0 Å². The second kappa shape index (κ2) is 6.41. The fraction of sp³-hybridized carbons (Fsp3) is 0.176. The minimum atomic E-state index is -0.639. The van der Waals surface area contributed by atoms with Crippen molar-refractivity contribution in [3.8, 4) is 17.1 Å². The minimum Gasteiger partial charge on any atom is -0.497 e. The lowest BCUT2D eigenvalue weighted by atomic mass is 10.1. The van der Waals surface area contributed by atoms with Crippen LogP contribution in [0.15, 0.2) is 61.2 Å². The number of hydrogen-bond donors (Lipinski definition) is 1. The van der Waals surface area contributed by atoms with E-state index in [9.17, 15) is 5.11 Å². The fourth-order valence-electron chi connectivity index (χ4n) is 2.35. The average molecular weight is 295 g/mol. The van der Waals surface area contributed by atoms with E-state index in [4.69, 9.17) is 4.74 Å². The van der Waals surface area contributed by atoms with E-state index >= 15 is 0 Å². The number of hydrogen-bond acceptors (Lipinski definition) is 4. The van der Waals surface area contributed by atoms with Gasteiger partial charge in [-0.3, -0.25) is 4.98 Å². The fourth-order valence-corrected chi connectivity index (χ4v) is 2.35. The van der Waals surface area contributed by atoms with Crippen LogP contribution in [0.1, 0.15) is 11.7 Å². The molecule has 2 heterocycles. The van der Waals surface area contributed by atoms with Crippen molar-refractivity contribution in [3.05, 3.63) is 66.7 Å². The largest absolute Gasteiger partial charge is 0.497 e. The summed E-state index contributed by atoms with van der Waals surface area (Å²) in [6.07, 6.45) is 6.42. The number of aromatic nitrogens is 3. The Hall–Kier alpha value is -2.66. The van der Waals surface area contributed by atoms with Gasteiger partial charge in [-0.2, -0.15) is 0 Å². The monoisotopic (exact) mass is 295 g/mol. The Morgan fingerprint density at radius 3 is 2.91 bits per heavy atom. The number of nitrogens with zero attached hydrogens (tertiary/aromatic N) is 3. The van der Waals surface area contributed by atoms with Crippen molar-refractivity contribution >= 4 is 0 Å². The first kappa shape index (κ1) is 14.3. The van der Waals surface area contributed by atoms with Crippen LogP contribution in [0.4, 0.5) is 0 Å². The molecule has 1 N–H and O–H groups in total. The van der Waals surface area contributed by atoms with Crippen molar-refractivity contribution in [3.63, 3.8) is 0 Å². The van der Waals surface area contributed by atoms with E-state index in [2.05, 4.69) is 9.97 Å². The maximum Gasteiger partial charge on any atom is 0.141 e. The molecule has 0 amide bonds. The number of aliphatic hydroxyl groups excluding tert-OH is 1. The van der Waals surface area contributed by atoms with Gasteiger partial charge in [0.15, 0.2) is 0 Å². The summed E-state index contributed by atoms with van der Waals surface area (Å²) in [4.78, 5) is 8.46. The molecule has 2 aromatic heterocycles. The van der Waals surface area contributed by atoms with Gasteiger partial charge in [-0.05, 0) is 29.8 Å². The Morgan fingerprint density at radius 2 is 2.14 bits per heavy atom. The quantitative estimate of drug-likeness (QED) is 0.786. The van der Waals surface area contributed by atoms with Crippen molar-refractivity contribution in [2.24, 2.45) is 0 Å². The van der Waals surface area contributed by atoms with Crippen LogP contribution in [0.5, 0.6) is 5.75 Å². The Morgan fingerprint density at radius 1 is 1.23 bits per heavy atom. The standard InChI is InChI=1S/C17H17N3O2/c1-22-15-6-2-4-13(10-15)16(21)12-20-9-8-19-17(20)14-5-3-7-18-11-14/h2-11,16,21H,12H2,1H3. The molecule has 0 aliphatic heterocycles. The van der Waals surface area contributed by atoms with Gasteiger partial charge < -0.3 is 14.4 Å². The first-order chi connectivity index (χ1) is 10.8. The number of benzene rings is 1.